The zero-order chi connectivity index (χ0) is 27.0. The molecule has 2 amide bonds. The molecule has 0 aliphatic heterocycles. The lowest BCUT2D eigenvalue weighted by Crippen LogP contribution is -2.34. The second-order valence-electron chi connectivity index (χ2n) is 9.43. The molecule has 192 valence electrons. The first kappa shape index (κ1) is 26.2. The molecule has 11 heteroatoms. The van der Waals surface area contributed by atoms with Gasteiger partial charge < -0.3 is 10.6 Å². The number of carbonyl (C=O) groups is 2. The lowest BCUT2D eigenvalue weighted by molar-refractivity contribution is -0.137. The van der Waals surface area contributed by atoms with E-state index in [0.717, 1.165) is 12.3 Å². The molecule has 2 heterocycles. The van der Waals surface area contributed by atoms with Gasteiger partial charge in [-0.2, -0.15) is 18.3 Å². The van der Waals surface area contributed by atoms with Crippen LogP contribution in [0.25, 0.3) is 16.6 Å². The van der Waals surface area contributed by atoms with Gasteiger partial charge in [-0.25, -0.2) is 4.68 Å². The average molecular weight is 530 g/mol. The number of alkyl halides is 3. The second kappa shape index (κ2) is 9.85. The lowest BCUT2D eigenvalue weighted by atomic mass is 9.95. The Hall–Kier alpha value is -3.92. The zero-order valence-electron chi connectivity index (χ0n) is 20.2. The number of halogens is 4. The molecular formula is C26H23ClF3N5O2. The van der Waals surface area contributed by atoms with Crippen molar-refractivity contribution in [2.45, 2.75) is 33.5 Å². The number of nitrogens with zero attached hydrogens (tertiary/aromatic N) is 3. The van der Waals surface area contributed by atoms with E-state index in [0.29, 0.717) is 22.2 Å². The summed E-state index contributed by atoms with van der Waals surface area (Å²) in [6, 6.07) is 10.8. The van der Waals surface area contributed by atoms with Gasteiger partial charge in [0.15, 0.2) is 0 Å². The van der Waals surface area contributed by atoms with E-state index in [-0.39, 0.29) is 28.7 Å². The molecule has 4 aromatic rings. The van der Waals surface area contributed by atoms with E-state index < -0.39 is 23.1 Å². The Morgan fingerprint density at radius 1 is 1.03 bits per heavy atom. The van der Waals surface area contributed by atoms with Crippen molar-refractivity contribution < 1.29 is 22.8 Å². The molecule has 0 bridgehead atoms. The van der Waals surface area contributed by atoms with Crippen LogP contribution in [0.3, 0.4) is 0 Å². The van der Waals surface area contributed by atoms with Crippen LogP contribution in [-0.4, -0.2) is 26.6 Å². The fourth-order valence-corrected chi connectivity index (χ4v) is 3.76. The van der Waals surface area contributed by atoms with Gasteiger partial charge in [-0.15, -0.1) is 0 Å². The average Bonchev–Trinajstić information content (AvgIpc) is 3.27. The summed E-state index contributed by atoms with van der Waals surface area (Å²) >= 11 is 6.28. The van der Waals surface area contributed by atoms with Crippen LogP contribution in [-0.2, 0) is 17.5 Å². The Labute approximate surface area is 215 Å². The molecule has 0 saturated heterocycles. The standard InChI is InChI=1S/C26H23ClF3N5O2/c1-25(2,3)24(37)32-11-15-7-8-20(27)18(9-15)23(36)34-21-5-4-6-22-19(21)14-33-35(22)17-10-16(12-31-13-17)26(28,29)30/h4-10,12-14H,11H2,1-3H3,(H,32,37)(H,34,36). The summed E-state index contributed by atoms with van der Waals surface area (Å²) in [7, 11) is 0. The summed E-state index contributed by atoms with van der Waals surface area (Å²) in [6.07, 6.45) is -1.08. The molecule has 0 radical (unpaired) electrons. The van der Waals surface area contributed by atoms with Crippen LogP contribution in [0.15, 0.2) is 61.1 Å². The van der Waals surface area contributed by atoms with Crippen molar-refractivity contribution in [2.24, 2.45) is 5.41 Å². The van der Waals surface area contributed by atoms with Crippen LogP contribution < -0.4 is 10.6 Å². The minimum Gasteiger partial charge on any atom is -0.352 e. The molecule has 2 aromatic heterocycles. The Morgan fingerprint density at radius 3 is 2.49 bits per heavy atom. The normalized spacial score (nSPS) is 12.0. The number of fused-ring (bicyclic) bond motifs is 1. The number of anilines is 1. The quantitative estimate of drug-likeness (QED) is 0.331. The SMILES string of the molecule is CC(C)(C)C(=O)NCc1ccc(Cl)c(C(=O)Nc2cccc3c2cnn3-c2cncc(C(F)(F)F)c2)c1. The monoisotopic (exact) mass is 529 g/mol. The number of hydrogen-bond acceptors (Lipinski definition) is 4. The molecule has 7 nitrogen and oxygen atoms in total. The number of benzene rings is 2. The molecule has 0 saturated carbocycles. The largest absolute Gasteiger partial charge is 0.417 e. The predicted molar refractivity (Wildman–Crippen MR) is 135 cm³/mol. The maximum atomic E-state index is 13.1. The molecule has 0 unspecified atom stereocenters. The van der Waals surface area contributed by atoms with Crippen LogP contribution in [0, 0.1) is 5.41 Å². The molecule has 0 spiro atoms. The van der Waals surface area contributed by atoms with Gasteiger partial charge in [0.2, 0.25) is 5.91 Å². The Balaban J connectivity index is 1.60. The van der Waals surface area contributed by atoms with Gasteiger partial charge in [-0.1, -0.05) is 44.5 Å². The van der Waals surface area contributed by atoms with Gasteiger partial charge in [-0.3, -0.25) is 14.6 Å². The van der Waals surface area contributed by atoms with Gasteiger partial charge >= 0.3 is 6.18 Å². The highest BCUT2D eigenvalue weighted by atomic mass is 35.5. The highest BCUT2D eigenvalue weighted by Crippen LogP contribution is 2.31. The lowest BCUT2D eigenvalue weighted by Gasteiger charge is -2.18. The summed E-state index contributed by atoms with van der Waals surface area (Å²) in [5.41, 5.74) is 0.443. The molecule has 2 aromatic carbocycles. The van der Waals surface area contributed by atoms with E-state index in [2.05, 4.69) is 20.7 Å². The number of rotatable bonds is 5. The number of pyridine rings is 1. The van der Waals surface area contributed by atoms with Crippen LogP contribution in [0.4, 0.5) is 18.9 Å². The van der Waals surface area contributed by atoms with Crippen molar-refractivity contribution in [3.05, 3.63) is 82.8 Å². The minimum absolute atomic E-state index is 0.126. The summed E-state index contributed by atoms with van der Waals surface area (Å²) in [4.78, 5) is 29.0. The number of amides is 2. The summed E-state index contributed by atoms with van der Waals surface area (Å²) in [5, 5.41) is 10.6. The van der Waals surface area contributed by atoms with E-state index in [4.69, 9.17) is 11.6 Å². The Kier molecular flexibility index (Phi) is 6.96. The van der Waals surface area contributed by atoms with Gasteiger partial charge in [0.1, 0.15) is 0 Å². The van der Waals surface area contributed by atoms with Gasteiger partial charge in [0, 0.05) is 23.5 Å². The highest BCUT2D eigenvalue weighted by molar-refractivity contribution is 6.34. The van der Waals surface area contributed by atoms with E-state index in [1.54, 1.807) is 57.2 Å². The second-order valence-corrected chi connectivity index (χ2v) is 9.83. The fourth-order valence-electron chi connectivity index (χ4n) is 3.56. The Bertz CT molecular complexity index is 1490. The first-order chi connectivity index (χ1) is 17.3. The molecule has 2 N–H and O–H groups in total. The fraction of sp³-hybridized carbons (Fsp3) is 0.231. The number of carbonyl (C=O) groups excluding carboxylic acids is 2. The number of aromatic nitrogens is 3. The molecule has 0 fully saturated rings. The molecular weight excluding hydrogens is 507 g/mol. The van der Waals surface area contributed by atoms with Crippen molar-refractivity contribution in [2.75, 3.05) is 5.32 Å². The maximum Gasteiger partial charge on any atom is 0.417 e. The summed E-state index contributed by atoms with van der Waals surface area (Å²) < 4.78 is 40.8. The van der Waals surface area contributed by atoms with E-state index in [9.17, 15) is 22.8 Å². The Morgan fingerprint density at radius 2 is 1.78 bits per heavy atom. The van der Waals surface area contributed by atoms with Gasteiger partial charge in [0.25, 0.3) is 5.91 Å². The van der Waals surface area contributed by atoms with Gasteiger partial charge in [0.05, 0.1) is 45.4 Å². The third-order valence-electron chi connectivity index (χ3n) is 5.57. The number of nitrogens with one attached hydrogen (secondary N) is 2. The molecule has 37 heavy (non-hydrogen) atoms. The molecule has 0 atom stereocenters. The summed E-state index contributed by atoms with van der Waals surface area (Å²) in [5.74, 6) is -0.622. The molecule has 0 aliphatic rings. The zero-order valence-corrected chi connectivity index (χ0v) is 20.9. The first-order valence-corrected chi connectivity index (χ1v) is 11.6. The molecule has 0 aliphatic carbocycles. The van der Waals surface area contributed by atoms with Crippen molar-refractivity contribution in [3.8, 4) is 5.69 Å². The van der Waals surface area contributed by atoms with Crippen molar-refractivity contribution in [3.63, 3.8) is 0 Å². The maximum absolute atomic E-state index is 13.1. The van der Waals surface area contributed by atoms with Crippen LogP contribution in [0.5, 0.6) is 0 Å². The third-order valence-corrected chi connectivity index (χ3v) is 5.90. The number of hydrogen-bond donors (Lipinski definition) is 2. The highest BCUT2D eigenvalue weighted by Gasteiger charge is 2.31. The predicted octanol–water partition coefficient (Wildman–Crippen LogP) is 6.01. The third kappa shape index (κ3) is 5.75. The van der Waals surface area contributed by atoms with Gasteiger partial charge in [-0.05, 0) is 35.9 Å². The minimum atomic E-state index is -4.55. The van der Waals surface area contributed by atoms with E-state index >= 15 is 0 Å². The topological polar surface area (TPSA) is 88.9 Å². The van der Waals surface area contributed by atoms with Crippen LogP contribution >= 0.6 is 11.6 Å². The van der Waals surface area contributed by atoms with Crippen molar-refractivity contribution in [1.29, 1.82) is 0 Å². The summed E-state index contributed by atoms with van der Waals surface area (Å²) in [6.45, 7) is 5.63. The molecule has 4 rings (SSSR count). The van der Waals surface area contributed by atoms with E-state index in [1.165, 1.54) is 17.1 Å². The van der Waals surface area contributed by atoms with Crippen molar-refractivity contribution in [1.82, 2.24) is 20.1 Å². The van der Waals surface area contributed by atoms with Crippen molar-refractivity contribution >= 4 is 40.0 Å². The van der Waals surface area contributed by atoms with Crippen LogP contribution in [0.2, 0.25) is 5.02 Å². The van der Waals surface area contributed by atoms with E-state index in [1.807, 2.05) is 0 Å². The smallest absolute Gasteiger partial charge is 0.352 e. The van der Waals surface area contributed by atoms with Crippen LogP contribution in [0.1, 0.15) is 42.3 Å². The first-order valence-electron chi connectivity index (χ1n) is 11.2.